The SMILES string of the molecule is CC(=Nc1ccccc1C)c1ccccc1.Cc1cnn2c1ccc1ccccc12. The van der Waals surface area contributed by atoms with E-state index in [0.717, 1.165) is 16.9 Å². The van der Waals surface area contributed by atoms with Crippen molar-refractivity contribution in [2.24, 2.45) is 4.99 Å². The van der Waals surface area contributed by atoms with E-state index in [1.54, 1.807) is 0 Å². The van der Waals surface area contributed by atoms with Crippen molar-refractivity contribution in [3.05, 3.63) is 114 Å². The largest absolute Gasteiger partial charge is 0.253 e. The van der Waals surface area contributed by atoms with Crippen molar-refractivity contribution in [2.75, 3.05) is 0 Å². The van der Waals surface area contributed by atoms with Crippen LogP contribution in [0.5, 0.6) is 0 Å². The number of aryl methyl sites for hydroxylation is 2. The molecule has 0 bridgehead atoms. The summed E-state index contributed by atoms with van der Waals surface area (Å²) in [5.74, 6) is 0. The molecule has 3 heteroatoms. The van der Waals surface area contributed by atoms with Crippen LogP contribution in [0.4, 0.5) is 5.69 Å². The summed E-state index contributed by atoms with van der Waals surface area (Å²) < 4.78 is 1.99. The number of hydrogen-bond acceptors (Lipinski definition) is 2. The van der Waals surface area contributed by atoms with Gasteiger partial charge in [-0.15, -0.1) is 0 Å². The zero-order chi connectivity index (χ0) is 20.9. The molecule has 0 amide bonds. The summed E-state index contributed by atoms with van der Waals surface area (Å²) in [6.45, 7) is 6.20. The van der Waals surface area contributed by atoms with Crippen LogP contribution in [0.15, 0.2) is 102 Å². The molecule has 5 aromatic rings. The van der Waals surface area contributed by atoms with Gasteiger partial charge in [0.05, 0.1) is 22.9 Å². The molecule has 0 aliphatic carbocycles. The van der Waals surface area contributed by atoms with Gasteiger partial charge in [0.15, 0.2) is 0 Å². The first kappa shape index (κ1) is 19.6. The van der Waals surface area contributed by atoms with E-state index in [4.69, 9.17) is 0 Å². The maximum atomic E-state index is 4.65. The number of nitrogens with zero attached hydrogens (tertiary/aromatic N) is 3. The van der Waals surface area contributed by atoms with Crippen LogP contribution < -0.4 is 0 Å². The van der Waals surface area contributed by atoms with E-state index in [-0.39, 0.29) is 0 Å². The Balaban J connectivity index is 0.000000146. The summed E-state index contributed by atoms with van der Waals surface area (Å²) in [5, 5.41) is 5.59. The number of aliphatic imine (C=N–C) groups is 1. The quantitative estimate of drug-likeness (QED) is 0.300. The minimum atomic E-state index is 1.05. The fraction of sp³-hybridized carbons (Fsp3) is 0.111. The molecular formula is C27H25N3. The van der Waals surface area contributed by atoms with Crippen LogP contribution in [0, 0.1) is 13.8 Å². The standard InChI is InChI=1S/C15H15N.C12H10N2/c1-12-8-6-7-11-15(12)16-13(2)14-9-4-3-5-10-14;1-9-8-13-14-11(9)7-6-10-4-2-3-5-12(10)14/h3-11H,1-2H3;2-8H,1H3. The van der Waals surface area contributed by atoms with Crippen molar-refractivity contribution >= 4 is 27.8 Å². The first-order valence-corrected chi connectivity index (χ1v) is 10.1. The van der Waals surface area contributed by atoms with Gasteiger partial charge in [0.25, 0.3) is 0 Å². The number of rotatable bonds is 2. The van der Waals surface area contributed by atoms with E-state index in [1.165, 1.54) is 27.6 Å². The minimum Gasteiger partial charge on any atom is -0.253 e. The number of pyridine rings is 1. The van der Waals surface area contributed by atoms with Crippen LogP contribution in [0.3, 0.4) is 0 Å². The molecule has 3 nitrogen and oxygen atoms in total. The summed E-state index contributed by atoms with van der Waals surface area (Å²) in [4.78, 5) is 4.65. The zero-order valence-electron chi connectivity index (χ0n) is 17.6. The third kappa shape index (κ3) is 4.15. The Kier molecular flexibility index (Phi) is 5.71. The van der Waals surface area contributed by atoms with E-state index < -0.39 is 0 Å². The molecule has 2 heterocycles. The van der Waals surface area contributed by atoms with Crippen LogP contribution >= 0.6 is 0 Å². The van der Waals surface area contributed by atoms with Crippen molar-refractivity contribution < 1.29 is 0 Å². The Morgan fingerprint density at radius 1 is 0.700 bits per heavy atom. The Bertz CT molecular complexity index is 1310. The summed E-state index contributed by atoms with van der Waals surface area (Å²) in [6, 6.07) is 31.0. The molecule has 0 N–H and O–H groups in total. The average Bonchev–Trinajstić information content (AvgIpc) is 3.18. The number of benzene rings is 3. The first-order valence-electron chi connectivity index (χ1n) is 10.1. The van der Waals surface area contributed by atoms with Gasteiger partial charge in [-0.3, -0.25) is 4.99 Å². The second-order valence-corrected chi connectivity index (χ2v) is 7.37. The molecule has 3 aromatic carbocycles. The van der Waals surface area contributed by atoms with Crippen molar-refractivity contribution in [1.29, 1.82) is 0 Å². The molecule has 0 saturated carbocycles. The van der Waals surface area contributed by atoms with Crippen molar-refractivity contribution in [2.45, 2.75) is 20.8 Å². The summed E-state index contributed by atoms with van der Waals surface area (Å²) in [7, 11) is 0. The molecule has 0 fully saturated rings. The fourth-order valence-electron chi connectivity index (χ4n) is 3.44. The predicted octanol–water partition coefficient (Wildman–Crippen LogP) is 6.93. The van der Waals surface area contributed by atoms with Crippen LogP contribution in [0.25, 0.3) is 16.4 Å². The topological polar surface area (TPSA) is 29.7 Å². The van der Waals surface area contributed by atoms with Crippen LogP contribution in [0.1, 0.15) is 23.6 Å². The molecule has 30 heavy (non-hydrogen) atoms. The highest BCUT2D eigenvalue weighted by atomic mass is 15.2. The predicted molar refractivity (Wildman–Crippen MR) is 127 cm³/mol. The maximum Gasteiger partial charge on any atom is 0.0725 e. The van der Waals surface area contributed by atoms with Gasteiger partial charge in [-0.05, 0) is 55.7 Å². The maximum absolute atomic E-state index is 4.65. The van der Waals surface area contributed by atoms with E-state index in [1.807, 2.05) is 66.2 Å². The van der Waals surface area contributed by atoms with Gasteiger partial charge >= 0.3 is 0 Å². The lowest BCUT2D eigenvalue weighted by molar-refractivity contribution is 1.00. The highest BCUT2D eigenvalue weighted by Crippen LogP contribution is 2.19. The molecule has 0 spiro atoms. The Morgan fingerprint density at radius 3 is 2.20 bits per heavy atom. The second-order valence-electron chi connectivity index (χ2n) is 7.37. The van der Waals surface area contributed by atoms with E-state index in [9.17, 15) is 0 Å². The molecule has 2 aromatic heterocycles. The Labute approximate surface area is 177 Å². The highest BCUT2D eigenvalue weighted by Gasteiger charge is 2.02. The summed E-state index contributed by atoms with van der Waals surface area (Å²) in [5.41, 5.74) is 8.04. The molecule has 5 rings (SSSR count). The highest BCUT2D eigenvalue weighted by molar-refractivity contribution is 6.00. The average molecular weight is 392 g/mol. The van der Waals surface area contributed by atoms with Crippen molar-refractivity contribution in [3.8, 4) is 0 Å². The van der Waals surface area contributed by atoms with Gasteiger partial charge in [-0.25, -0.2) is 4.52 Å². The molecule has 0 saturated heterocycles. The lowest BCUT2D eigenvalue weighted by Crippen LogP contribution is -1.93. The molecule has 0 unspecified atom stereocenters. The van der Waals surface area contributed by atoms with Gasteiger partial charge in [0.1, 0.15) is 0 Å². The van der Waals surface area contributed by atoms with Gasteiger partial charge in [-0.1, -0.05) is 72.8 Å². The van der Waals surface area contributed by atoms with Crippen molar-refractivity contribution in [3.63, 3.8) is 0 Å². The van der Waals surface area contributed by atoms with E-state index >= 15 is 0 Å². The molecule has 148 valence electrons. The minimum absolute atomic E-state index is 1.05. The number of hydrogen-bond donors (Lipinski definition) is 0. The smallest absolute Gasteiger partial charge is 0.0725 e. The van der Waals surface area contributed by atoms with Crippen molar-refractivity contribution in [1.82, 2.24) is 9.61 Å². The monoisotopic (exact) mass is 391 g/mol. The van der Waals surface area contributed by atoms with Crippen LogP contribution in [-0.2, 0) is 0 Å². The lowest BCUT2D eigenvalue weighted by Gasteiger charge is -2.03. The van der Waals surface area contributed by atoms with Gasteiger partial charge in [0, 0.05) is 11.1 Å². The van der Waals surface area contributed by atoms with Crippen LogP contribution in [-0.4, -0.2) is 15.3 Å². The summed E-state index contributed by atoms with van der Waals surface area (Å²) in [6.07, 6.45) is 1.90. The first-order chi connectivity index (χ1) is 14.6. The molecule has 0 atom stereocenters. The van der Waals surface area contributed by atoms with Gasteiger partial charge < -0.3 is 0 Å². The Hall–Kier alpha value is -3.72. The number of fused-ring (bicyclic) bond motifs is 3. The third-order valence-electron chi connectivity index (χ3n) is 5.18. The van der Waals surface area contributed by atoms with Gasteiger partial charge in [-0.2, -0.15) is 5.10 Å². The van der Waals surface area contributed by atoms with Crippen LogP contribution in [0.2, 0.25) is 0 Å². The van der Waals surface area contributed by atoms with Gasteiger partial charge in [0.2, 0.25) is 0 Å². The number of aromatic nitrogens is 2. The van der Waals surface area contributed by atoms with E-state index in [2.05, 4.69) is 66.4 Å². The third-order valence-corrected chi connectivity index (χ3v) is 5.18. The number of para-hydroxylation sites is 2. The molecule has 0 radical (unpaired) electrons. The normalized spacial score (nSPS) is 11.4. The van der Waals surface area contributed by atoms with E-state index in [0.29, 0.717) is 0 Å². The summed E-state index contributed by atoms with van der Waals surface area (Å²) >= 11 is 0. The second kappa shape index (κ2) is 8.75. The molecule has 0 aliphatic rings. The molecule has 0 aliphatic heterocycles. The lowest BCUT2D eigenvalue weighted by atomic mass is 10.1. The fourth-order valence-corrected chi connectivity index (χ4v) is 3.44. The zero-order valence-corrected chi connectivity index (χ0v) is 17.6. The Morgan fingerprint density at radius 2 is 1.40 bits per heavy atom. The molecular weight excluding hydrogens is 366 g/mol.